The number of ether oxygens (including phenoxy) is 1. The van der Waals surface area contributed by atoms with Crippen LogP contribution in [0.2, 0.25) is 0 Å². The molecule has 118 valence electrons. The third-order valence-electron chi connectivity index (χ3n) is 4.48. The Bertz CT molecular complexity index is 418. The molecule has 0 aromatic rings. The van der Waals surface area contributed by atoms with Crippen molar-refractivity contribution in [2.45, 2.75) is 64.0 Å². The van der Waals surface area contributed by atoms with Crippen molar-refractivity contribution in [3.8, 4) is 0 Å². The molecule has 2 atom stereocenters. The minimum absolute atomic E-state index is 0.0595. The zero-order valence-electron chi connectivity index (χ0n) is 12.5. The van der Waals surface area contributed by atoms with E-state index < -0.39 is 24.0 Å². The summed E-state index contributed by atoms with van der Waals surface area (Å²) in [5.41, 5.74) is 5.37. The highest BCUT2D eigenvalue weighted by Gasteiger charge is 2.40. The molecule has 2 N–H and O–H groups in total. The minimum atomic E-state index is -0.761. The number of primary amides is 1. The van der Waals surface area contributed by atoms with Crippen LogP contribution in [0.4, 0.5) is 0 Å². The molecular formula is C15H24N2O4. The number of likely N-dealkylation sites (tertiary alicyclic amines) is 1. The van der Waals surface area contributed by atoms with Crippen molar-refractivity contribution < 1.29 is 19.1 Å². The number of hydrogen-bond acceptors (Lipinski definition) is 4. The van der Waals surface area contributed by atoms with E-state index in [-0.39, 0.29) is 11.8 Å². The predicted octanol–water partition coefficient (Wildman–Crippen LogP) is 0.975. The molecular weight excluding hydrogens is 272 g/mol. The Morgan fingerprint density at radius 3 is 2.33 bits per heavy atom. The summed E-state index contributed by atoms with van der Waals surface area (Å²) in [7, 11) is 0. The van der Waals surface area contributed by atoms with E-state index in [9.17, 15) is 14.4 Å². The summed E-state index contributed by atoms with van der Waals surface area (Å²) in [5.74, 6) is -1.12. The van der Waals surface area contributed by atoms with Crippen molar-refractivity contribution in [1.29, 1.82) is 0 Å². The van der Waals surface area contributed by atoms with Gasteiger partial charge in [-0.15, -0.1) is 0 Å². The van der Waals surface area contributed by atoms with Crippen molar-refractivity contribution >= 4 is 17.8 Å². The second kappa shape index (κ2) is 6.91. The van der Waals surface area contributed by atoms with Crippen LogP contribution in [0.25, 0.3) is 0 Å². The molecule has 0 bridgehead atoms. The summed E-state index contributed by atoms with van der Waals surface area (Å²) in [6, 6.07) is -0.556. The van der Waals surface area contributed by atoms with Gasteiger partial charge in [0.2, 0.25) is 5.91 Å². The number of rotatable bonds is 4. The zero-order chi connectivity index (χ0) is 15.4. The number of carbonyl (C=O) groups excluding carboxylic acids is 3. The third kappa shape index (κ3) is 3.74. The van der Waals surface area contributed by atoms with Crippen LogP contribution in [0, 0.1) is 5.92 Å². The summed E-state index contributed by atoms with van der Waals surface area (Å²) in [6.45, 7) is 1.83. The fourth-order valence-electron chi connectivity index (χ4n) is 3.45. The van der Waals surface area contributed by atoms with Crippen molar-refractivity contribution in [3.63, 3.8) is 0 Å². The number of amides is 2. The molecule has 21 heavy (non-hydrogen) atoms. The van der Waals surface area contributed by atoms with E-state index in [1.54, 1.807) is 0 Å². The van der Waals surface area contributed by atoms with Crippen LogP contribution in [-0.4, -0.2) is 41.4 Å². The van der Waals surface area contributed by atoms with Gasteiger partial charge in [-0.2, -0.15) is 0 Å². The monoisotopic (exact) mass is 296 g/mol. The Balaban J connectivity index is 2.12. The van der Waals surface area contributed by atoms with E-state index in [4.69, 9.17) is 10.5 Å². The van der Waals surface area contributed by atoms with Crippen LogP contribution < -0.4 is 5.73 Å². The van der Waals surface area contributed by atoms with Gasteiger partial charge in [-0.1, -0.05) is 19.3 Å². The summed E-state index contributed by atoms with van der Waals surface area (Å²) in [4.78, 5) is 37.0. The van der Waals surface area contributed by atoms with Gasteiger partial charge in [-0.25, -0.2) is 0 Å². The molecule has 2 aliphatic rings. The first-order chi connectivity index (χ1) is 10.0. The summed E-state index contributed by atoms with van der Waals surface area (Å²) >= 11 is 0. The Morgan fingerprint density at radius 2 is 1.76 bits per heavy atom. The zero-order valence-corrected chi connectivity index (χ0v) is 12.5. The van der Waals surface area contributed by atoms with Crippen LogP contribution in [0.5, 0.6) is 0 Å². The fourth-order valence-corrected chi connectivity index (χ4v) is 3.45. The average molecular weight is 296 g/mol. The molecule has 1 aliphatic carbocycles. The lowest BCUT2D eigenvalue weighted by atomic mass is 9.84. The van der Waals surface area contributed by atoms with Crippen LogP contribution in [0.3, 0.4) is 0 Å². The first kappa shape index (κ1) is 15.8. The van der Waals surface area contributed by atoms with Gasteiger partial charge in [0.15, 0.2) is 6.10 Å². The predicted molar refractivity (Wildman–Crippen MR) is 76.1 cm³/mol. The van der Waals surface area contributed by atoms with Gasteiger partial charge in [-0.05, 0) is 25.7 Å². The van der Waals surface area contributed by atoms with Crippen molar-refractivity contribution in [2.75, 3.05) is 6.54 Å². The summed E-state index contributed by atoms with van der Waals surface area (Å²) in [6.07, 6.45) is 5.63. The Kier molecular flexibility index (Phi) is 5.20. The maximum atomic E-state index is 12.7. The van der Waals surface area contributed by atoms with Crippen LogP contribution in [0.15, 0.2) is 0 Å². The van der Waals surface area contributed by atoms with E-state index in [0.29, 0.717) is 13.0 Å². The largest absolute Gasteiger partial charge is 0.452 e. The molecule has 2 rings (SSSR count). The van der Waals surface area contributed by atoms with Gasteiger partial charge in [0.1, 0.15) is 6.04 Å². The van der Waals surface area contributed by atoms with Crippen molar-refractivity contribution in [3.05, 3.63) is 0 Å². The normalized spacial score (nSPS) is 24.6. The van der Waals surface area contributed by atoms with E-state index >= 15 is 0 Å². The van der Waals surface area contributed by atoms with Gasteiger partial charge in [0, 0.05) is 19.4 Å². The first-order valence-corrected chi connectivity index (χ1v) is 7.77. The number of esters is 1. The number of nitrogens with two attached hydrogens (primary N) is 1. The molecule has 1 saturated heterocycles. The molecule has 6 nitrogen and oxygen atoms in total. The Morgan fingerprint density at radius 1 is 1.10 bits per heavy atom. The highest BCUT2D eigenvalue weighted by atomic mass is 16.5. The second-order valence-corrected chi connectivity index (χ2v) is 6.02. The molecule has 1 heterocycles. The third-order valence-corrected chi connectivity index (χ3v) is 4.48. The highest BCUT2D eigenvalue weighted by Crippen LogP contribution is 2.30. The Hall–Kier alpha value is -1.59. The number of carbonyl (C=O) groups is 3. The molecule has 0 unspecified atom stereocenters. The van der Waals surface area contributed by atoms with Crippen molar-refractivity contribution in [1.82, 2.24) is 4.90 Å². The van der Waals surface area contributed by atoms with Crippen LogP contribution >= 0.6 is 0 Å². The quantitative estimate of drug-likeness (QED) is 0.783. The molecule has 0 aromatic heterocycles. The minimum Gasteiger partial charge on any atom is -0.452 e. The topological polar surface area (TPSA) is 89.7 Å². The van der Waals surface area contributed by atoms with Gasteiger partial charge < -0.3 is 15.4 Å². The lowest BCUT2D eigenvalue weighted by Gasteiger charge is -2.33. The van der Waals surface area contributed by atoms with E-state index in [0.717, 1.165) is 38.5 Å². The van der Waals surface area contributed by atoms with Crippen LogP contribution in [0.1, 0.15) is 51.9 Å². The lowest BCUT2D eigenvalue weighted by molar-refractivity contribution is -0.164. The SMILES string of the molecule is CC(=O)O[C@@H](C(=O)N1CCC[C@H]1C(N)=O)C1CCCCC1. The molecule has 2 fully saturated rings. The molecule has 1 saturated carbocycles. The second-order valence-electron chi connectivity index (χ2n) is 6.02. The smallest absolute Gasteiger partial charge is 0.303 e. The lowest BCUT2D eigenvalue weighted by Crippen LogP contribution is -2.50. The number of hydrogen-bond donors (Lipinski definition) is 1. The average Bonchev–Trinajstić information content (AvgIpc) is 2.94. The summed E-state index contributed by atoms with van der Waals surface area (Å²) in [5, 5.41) is 0. The van der Waals surface area contributed by atoms with Gasteiger partial charge in [-0.3, -0.25) is 14.4 Å². The highest BCUT2D eigenvalue weighted by molar-refractivity contribution is 5.90. The van der Waals surface area contributed by atoms with Crippen LogP contribution in [-0.2, 0) is 19.1 Å². The maximum Gasteiger partial charge on any atom is 0.303 e. The molecule has 0 spiro atoms. The van der Waals surface area contributed by atoms with E-state index in [1.807, 2.05) is 0 Å². The molecule has 6 heteroatoms. The van der Waals surface area contributed by atoms with Gasteiger partial charge in [0.05, 0.1) is 0 Å². The maximum absolute atomic E-state index is 12.7. The molecule has 2 amide bonds. The first-order valence-electron chi connectivity index (χ1n) is 7.77. The van der Waals surface area contributed by atoms with Gasteiger partial charge in [0.25, 0.3) is 5.91 Å². The fraction of sp³-hybridized carbons (Fsp3) is 0.800. The summed E-state index contributed by atoms with van der Waals surface area (Å²) < 4.78 is 5.31. The molecule has 1 aliphatic heterocycles. The van der Waals surface area contributed by atoms with E-state index in [2.05, 4.69) is 0 Å². The molecule has 0 radical (unpaired) electrons. The number of nitrogens with zero attached hydrogens (tertiary/aromatic N) is 1. The molecule has 0 aromatic carbocycles. The Labute approximate surface area is 125 Å². The van der Waals surface area contributed by atoms with Gasteiger partial charge >= 0.3 is 5.97 Å². The van der Waals surface area contributed by atoms with E-state index in [1.165, 1.54) is 11.8 Å². The van der Waals surface area contributed by atoms with Crippen molar-refractivity contribution in [2.24, 2.45) is 11.7 Å². The standard InChI is InChI=1S/C15H24N2O4/c1-10(18)21-13(11-6-3-2-4-7-11)15(20)17-9-5-8-12(17)14(16)19/h11-13H,2-9H2,1H3,(H2,16,19)/t12-,13+/m0/s1.